The predicted molar refractivity (Wildman–Crippen MR) is 111 cm³/mol. The fourth-order valence-corrected chi connectivity index (χ4v) is 2.96. The summed E-state index contributed by atoms with van der Waals surface area (Å²) in [5, 5.41) is 6.32. The first-order chi connectivity index (χ1) is 13.9. The van der Waals surface area contributed by atoms with Gasteiger partial charge < -0.3 is 25.0 Å². The number of hydrogen-bond donors (Lipinski definition) is 2. The minimum atomic E-state index is -0.571. The van der Waals surface area contributed by atoms with Gasteiger partial charge in [0, 0.05) is 25.7 Å². The first-order valence-electron chi connectivity index (χ1n) is 9.17. The highest BCUT2D eigenvalue weighted by molar-refractivity contribution is 5.79. The Kier molecular flexibility index (Phi) is 8.21. The Morgan fingerprint density at radius 1 is 1.03 bits per heavy atom. The fraction of sp³-hybridized carbons (Fsp3) is 0.381. The van der Waals surface area contributed by atoms with Crippen LogP contribution in [0.4, 0.5) is 8.78 Å². The number of halogens is 2. The van der Waals surface area contributed by atoms with E-state index in [-0.39, 0.29) is 12.1 Å². The van der Waals surface area contributed by atoms with E-state index >= 15 is 0 Å². The maximum atomic E-state index is 14.2. The largest absolute Gasteiger partial charge is 0.493 e. The highest BCUT2D eigenvalue weighted by Crippen LogP contribution is 2.27. The average Bonchev–Trinajstić information content (AvgIpc) is 2.71. The lowest BCUT2D eigenvalue weighted by molar-refractivity contribution is 0.282. The lowest BCUT2D eigenvalue weighted by Crippen LogP contribution is -2.41. The molecule has 0 saturated heterocycles. The molecule has 0 aliphatic carbocycles. The third-order valence-electron chi connectivity index (χ3n) is 4.55. The van der Waals surface area contributed by atoms with Gasteiger partial charge >= 0.3 is 0 Å². The molecule has 1 atom stereocenters. The van der Waals surface area contributed by atoms with Crippen molar-refractivity contribution in [2.45, 2.75) is 12.6 Å². The van der Waals surface area contributed by atoms with Crippen LogP contribution >= 0.6 is 0 Å². The van der Waals surface area contributed by atoms with Gasteiger partial charge in [0.05, 0.1) is 20.3 Å². The molecule has 0 aromatic heterocycles. The zero-order valence-corrected chi connectivity index (χ0v) is 17.4. The molecule has 2 aromatic carbocycles. The maximum Gasteiger partial charge on any atom is 0.191 e. The van der Waals surface area contributed by atoms with Crippen molar-refractivity contribution in [3.05, 3.63) is 59.2 Å². The van der Waals surface area contributed by atoms with Crippen molar-refractivity contribution in [1.29, 1.82) is 0 Å². The molecule has 0 radical (unpaired) electrons. The first-order valence-corrected chi connectivity index (χ1v) is 9.17. The monoisotopic (exact) mass is 406 g/mol. The van der Waals surface area contributed by atoms with Gasteiger partial charge in [0.25, 0.3) is 0 Å². The Morgan fingerprint density at radius 2 is 1.69 bits per heavy atom. The van der Waals surface area contributed by atoms with Gasteiger partial charge in [0.2, 0.25) is 0 Å². The molecule has 29 heavy (non-hydrogen) atoms. The van der Waals surface area contributed by atoms with Crippen LogP contribution in [0.25, 0.3) is 0 Å². The summed E-state index contributed by atoms with van der Waals surface area (Å²) >= 11 is 0. The summed E-state index contributed by atoms with van der Waals surface area (Å²) in [6.45, 7) is 0.761. The molecule has 0 spiro atoms. The summed E-state index contributed by atoms with van der Waals surface area (Å²) in [6, 6.07) is 9.00. The van der Waals surface area contributed by atoms with Crippen LogP contribution < -0.4 is 20.1 Å². The average molecular weight is 406 g/mol. The van der Waals surface area contributed by atoms with E-state index in [0.29, 0.717) is 24.0 Å². The molecule has 0 saturated carbocycles. The zero-order chi connectivity index (χ0) is 21.4. The van der Waals surface area contributed by atoms with Gasteiger partial charge in [0.15, 0.2) is 17.5 Å². The molecule has 0 aliphatic rings. The molecular weight excluding hydrogens is 378 g/mol. The van der Waals surface area contributed by atoms with Crippen molar-refractivity contribution in [2.24, 2.45) is 4.99 Å². The van der Waals surface area contributed by atoms with Gasteiger partial charge in [0.1, 0.15) is 11.6 Å². The Morgan fingerprint density at radius 3 is 2.24 bits per heavy atom. The molecule has 2 rings (SSSR count). The molecule has 0 amide bonds. The molecule has 158 valence electrons. The summed E-state index contributed by atoms with van der Waals surface area (Å²) in [6.07, 6.45) is 0. The van der Waals surface area contributed by atoms with Crippen LogP contribution in [0.2, 0.25) is 0 Å². The van der Waals surface area contributed by atoms with Crippen molar-refractivity contribution in [3.63, 3.8) is 0 Å². The number of ether oxygens (including phenoxy) is 2. The lowest BCUT2D eigenvalue weighted by atomic mass is 10.0. The standard InChI is InChI=1S/C21H28F2N4O2/c1-24-21(25-12-14-9-10-18(28-4)19(11-14)29-5)26-13-17(27(2)3)20-15(22)7-6-8-16(20)23/h6-11,17H,12-13H2,1-5H3,(H2,24,25,26). The summed E-state index contributed by atoms with van der Waals surface area (Å²) in [5.41, 5.74) is 0.996. The van der Waals surface area contributed by atoms with Gasteiger partial charge in [-0.3, -0.25) is 4.99 Å². The van der Waals surface area contributed by atoms with Crippen LogP contribution in [-0.4, -0.2) is 52.8 Å². The lowest BCUT2D eigenvalue weighted by Gasteiger charge is -2.26. The Hall–Kier alpha value is -2.87. The smallest absolute Gasteiger partial charge is 0.191 e. The van der Waals surface area contributed by atoms with Crippen molar-refractivity contribution in [3.8, 4) is 11.5 Å². The van der Waals surface area contributed by atoms with Gasteiger partial charge in [-0.25, -0.2) is 8.78 Å². The van der Waals surface area contributed by atoms with Gasteiger partial charge in [-0.2, -0.15) is 0 Å². The van der Waals surface area contributed by atoms with Crippen molar-refractivity contribution in [1.82, 2.24) is 15.5 Å². The van der Waals surface area contributed by atoms with Crippen LogP contribution in [0.1, 0.15) is 17.2 Å². The zero-order valence-electron chi connectivity index (χ0n) is 17.4. The molecular formula is C21H28F2N4O2. The molecule has 8 heteroatoms. The number of methoxy groups -OCH3 is 2. The minimum Gasteiger partial charge on any atom is -0.493 e. The topological polar surface area (TPSA) is 58.1 Å². The minimum absolute atomic E-state index is 0.0281. The molecule has 0 heterocycles. The molecule has 0 fully saturated rings. The van der Waals surface area contributed by atoms with E-state index in [9.17, 15) is 8.78 Å². The van der Waals surface area contributed by atoms with Crippen LogP contribution in [0, 0.1) is 11.6 Å². The van der Waals surface area contributed by atoms with E-state index in [2.05, 4.69) is 15.6 Å². The van der Waals surface area contributed by atoms with Crippen LogP contribution in [0.15, 0.2) is 41.4 Å². The number of aliphatic imine (C=N–C) groups is 1. The second kappa shape index (κ2) is 10.6. The molecule has 2 N–H and O–H groups in total. The van der Waals surface area contributed by atoms with Gasteiger partial charge in [-0.05, 0) is 43.9 Å². The normalized spacial score (nSPS) is 12.6. The van der Waals surface area contributed by atoms with E-state index in [0.717, 1.165) is 5.56 Å². The summed E-state index contributed by atoms with van der Waals surface area (Å²) in [5.74, 6) is 0.665. The Balaban J connectivity index is 2.04. The van der Waals surface area contributed by atoms with E-state index < -0.39 is 17.7 Å². The predicted octanol–water partition coefficient (Wildman–Crippen LogP) is 2.95. The number of benzene rings is 2. The van der Waals surface area contributed by atoms with E-state index in [1.165, 1.54) is 18.2 Å². The second-order valence-electron chi connectivity index (χ2n) is 6.61. The molecule has 2 aromatic rings. The summed E-state index contributed by atoms with van der Waals surface area (Å²) in [4.78, 5) is 5.94. The van der Waals surface area contributed by atoms with Crippen molar-refractivity contribution >= 4 is 5.96 Å². The van der Waals surface area contributed by atoms with E-state index in [1.54, 1.807) is 40.3 Å². The summed E-state index contributed by atoms with van der Waals surface area (Å²) in [7, 11) is 8.36. The SMILES string of the molecule is CN=C(NCc1ccc(OC)c(OC)c1)NCC(c1c(F)cccc1F)N(C)C. The molecule has 1 unspecified atom stereocenters. The number of nitrogens with one attached hydrogen (secondary N) is 2. The van der Waals surface area contributed by atoms with E-state index in [4.69, 9.17) is 9.47 Å². The Labute approximate surface area is 170 Å². The summed E-state index contributed by atoms with van der Waals surface area (Å²) < 4.78 is 39.0. The molecule has 0 aliphatic heterocycles. The van der Waals surface area contributed by atoms with Gasteiger partial charge in [-0.1, -0.05) is 12.1 Å². The maximum absolute atomic E-state index is 14.2. The number of likely N-dealkylation sites (N-methyl/N-ethyl adjacent to an activating group) is 1. The number of guanidine groups is 1. The first kappa shape index (κ1) is 22.4. The van der Waals surface area contributed by atoms with Crippen molar-refractivity contribution in [2.75, 3.05) is 41.9 Å². The number of hydrogen-bond acceptors (Lipinski definition) is 4. The van der Waals surface area contributed by atoms with E-state index in [1.807, 2.05) is 18.2 Å². The van der Waals surface area contributed by atoms with Crippen LogP contribution in [0.5, 0.6) is 11.5 Å². The highest BCUT2D eigenvalue weighted by Gasteiger charge is 2.22. The second-order valence-corrected chi connectivity index (χ2v) is 6.61. The number of nitrogens with zero attached hydrogens (tertiary/aromatic N) is 2. The van der Waals surface area contributed by atoms with Crippen molar-refractivity contribution < 1.29 is 18.3 Å². The quantitative estimate of drug-likeness (QED) is 0.522. The fourth-order valence-electron chi connectivity index (χ4n) is 2.96. The Bertz CT molecular complexity index is 823. The van der Waals surface area contributed by atoms with Gasteiger partial charge in [-0.15, -0.1) is 0 Å². The van der Waals surface area contributed by atoms with Crippen LogP contribution in [0.3, 0.4) is 0 Å². The number of rotatable bonds is 8. The third-order valence-corrected chi connectivity index (χ3v) is 4.55. The third kappa shape index (κ3) is 5.80. The highest BCUT2D eigenvalue weighted by atomic mass is 19.1. The molecule has 0 bridgehead atoms. The molecule has 6 nitrogen and oxygen atoms in total. The van der Waals surface area contributed by atoms with Crippen LogP contribution in [-0.2, 0) is 6.54 Å².